The lowest BCUT2D eigenvalue weighted by Crippen LogP contribution is -2.23. The van der Waals surface area contributed by atoms with Crippen molar-refractivity contribution in [3.05, 3.63) is 23.7 Å². The fraction of sp³-hybridized carbons (Fsp3) is 0.300. The van der Waals surface area contributed by atoms with Crippen molar-refractivity contribution in [1.82, 2.24) is 5.32 Å². The average Bonchev–Trinajstić information content (AvgIpc) is 2.61. The minimum absolute atomic E-state index is 0.00985. The molecule has 0 bridgehead atoms. The number of hydrogen-bond donors (Lipinski definition) is 1. The van der Waals surface area contributed by atoms with Crippen LogP contribution in [-0.2, 0) is 6.54 Å². The molecule has 0 saturated carbocycles. The molecule has 1 rings (SSSR count). The fourth-order valence-electron chi connectivity index (χ4n) is 0.846. The SMILES string of the molecule is C#CC(C)NCc1ccc(C#N)o1. The molecule has 1 atom stereocenters. The molecule has 1 heterocycles. The molecular weight excluding hydrogens is 164 g/mol. The number of nitrogens with one attached hydrogen (secondary N) is 1. The molecule has 0 fully saturated rings. The molecule has 13 heavy (non-hydrogen) atoms. The van der Waals surface area contributed by atoms with Crippen molar-refractivity contribution in [3.63, 3.8) is 0 Å². The first-order chi connectivity index (χ1) is 6.26. The summed E-state index contributed by atoms with van der Waals surface area (Å²) in [6, 6.07) is 5.32. The molecule has 3 nitrogen and oxygen atoms in total. The zero-order chi connectivity index (χ0) is 9.68. The molecule has 66 valence electrons. The van der Waals surface area contributed by atoms with Gasteiger partial charge in [0.1, 0.15) is 11.8 Å². The zero-order valence-corrected chi connectivity index (χ0v) is 7.37. The first-order valence-corrected chi connectivity index (χ1v) is 3.94. The van der Waals surface area contributed by atoms with Crippen molar-refractivity contribution in [2.45, 2.75) is 19.5 Å². The van der Waals surface area contributed by atoms with E-state index in [0.29, 0.717) is 12.3 Å². The van der Waals surface area contributed by atoms with Crippen molar-refractivity contribution >= 4 is 0 Å². The third-order valence-corrected chi connectivity index (χ3v) is 1.60. The number of nitriles is 1. The maximum atomic E-state index is 8.48. The van der Waals surface area contributed by atoms with E-state index >= 15 is 0 Å². The van der Waals surface area contributed by atoms with Crippen molar-refractivity contribution in [2.75, 3.05) is 0 Å². The summed E-state index contributed by atoms with van der Waals surface area (Å²) in [5, 5.41) is 11.5. The van der Waals surface area contributed by atoms with E-state index in [4.69, 9.17) is 16.1 Å². The maximum Gasteiger partial charge on any atom is 0.203 e. The molecule has 3 heteroatoms. The summed E-state index contributed by atoms with van der Waals surface area (Å²) in [5.41, 5.74) is 0. The Labute approximate surface area is 77.4 Å². The van der Waals surface area contributed by atoms with E-state index in [2.05, 4.69) is 11.2 Å². The standard InChI is InChI=1S/C10H10N2O/c1-3-8(2)12-7-10-5-4-9(6-11)13-10/h1,4-5,8,12H,7H2,2H3. The number of furan rings is 1. The van der Waals surface area contributed by atoms with E-state index in [1.165, 1.54) is 0 Å². The Morgan fingerprint density at radius 2 is 2.46 bits per heavy atom. The van der Waals surface area contributed by atoms with Crippen LogP contribution in [0.2, 0.25) is 0 Å². The third-order valence-electron chi connectivity index (χ3n) is 1.60. The van der Waals surface area contributed by atoms with Crippen LogP contribution in [0.3, 0.4) is 0 Å². The Balaban J connectivity index is 2.48. The summed E-state index contributed by atoms with van der Waals surface area (Å²) in [4.78, 5) is 0. The highest BCUT2D eigenvalue weighted by atomic mass is 16.3. The van der Waals surface area contributed by atoms with Crippen LogP contribution in [0.1, 0.15) is 18.4 Å². The van der Waals surface area contributed by atoms with Gasteiger partial charge in [0, 0.05) is 0 Å². The van der Waals surface area contributed by atoms with Gasteiger partial charge in [-0.1, -0.05) is 5.92 Å². The predicted molar refractivity (Wildman–Crippen MR) is 48.6 cm³/mol. The second-order valence-corrected chi connectivity index (χ2v) is 2.65. The Morgan fingerprint density at radius 1 is 1.69 bits per heavy atom. The molecule has 0 spiro atoms. The first kappa shape index (κ1) is 9.38. The average molecular weight is 174 g/mol. The molecule has 0 aliphatic heterocycles. The lowest BCUT2D eigenvalue weighted by atomic mass is 10.3. The van der Waals surface area contributed by atoms with Crippen LogP contribution >= 0.6 is 0 Å². The highest BCUT2D eigenvalue weighted by molar-refractivity contribution is 5.19. The van der Waals surface area contributed by atoms with Crippen LogP contribution in [0.25, 0.3) is 0 Å². The van der Waals surface area contributed by atoms with Gasteiger partial charge in [-0.2, -0.15) is 5.26 Å². The molecule has 0 amide bonds. The van der Waals surface area contributed by atoms with E-state index in [1.54, 1.807) is 12.1 Å². The van der Waals surface area contributed by atoms with Crippen LogP contribution in [0.15, 0.2) is 16.5 Å². The van der Waals surface area contributed by atoms with Gasteiger partial charge in [0.25, 0.3) is 0 Å². The zero-order valence-electron chi connectivity index (χ0n) is 7.37. The normalized spacial score (nSPS) is 11.6. The molecule has 1 N–H and O–H groups in total. The Bertz CT molecular complexity index is 354. The minimum atomic E-state index is 0.00985. The second kappa shape index (κ2) is 4.35. The van der Waals surface area contributed by atoms with Gasteiger partial charge >= 0.3 is 0 Å². The van der Waals surface area contributed by atoms with E-state index in [0.717, 1.165) is 5.76 Å². The summed E-state index contributed by atoms with van der Waals surface area (Å²) in [6.45, 7) is 2.43. The monoisotopic (exact) mass is 174 g/mol. The lowest BCUT2D eigenvalue weighted by Gasteiger charge is -2.03. The Kier molecular flexibility index (Phi) is 3.14. The molecule has 0 saturated heterocycles. The Morgan fingerprint density at radius 3 is 3.00 bits per heavy atom. The Hall–Kier alpha value is -1.71. The van der Waals surface area contributed by atoms with Crippen LogP contribution in [0, 0.1) is 23.7 Å². The van der Waals surface area contributed by atoms with Crippen LogP contribution < -0.4 is 5.32 Å². The molecule has 0 aliphatic carbocycles. The van der Waals surface area contributed by atoms with Gasteiger partial charge in [-0.3, -0.25) is 5.32 Å². The lowest BCUT2D eigenvalue weighted by molar-refractivity contribution is 0.468. The van der Waals surface area contributed by atoms with Crippen molar-refractivity contribution < 1.29 is 4.42 Å². The summed E-state index contributed by atoms with van der Waals surface area (Å²) >= 11 is 0. The van der Waals surface area contributed by atoms with Gasteiger partial charge in [0.05, 0.1) is 12.6 Å². The largest absolute Gasteiger partial charge is 0.449 e. The van der Waals surface area contributed by atoms with Crippen molar-refractivity contribution in [3.8, 4) is 18.4 Å². The van der Waals surface area contributed by atoms with Crippen LogP contribution in [0.4, 0.5) is 0 Å². The number of rotatable bonds is 3. The van der Waals surface area contributed by atoms with Crippen LogP contribution in [0.5, 0.6) is 0 Å². The molecule has 1 aromatic rings. The second-order valence-electron chi connectivity index (χ2n) is 2.65. The summed E-state index contributed by atoms with van der Waals surface area (Å²) in [6.07, 6.45) is 5.17. The summed E-state index contributed by atoms with van der Waals surface area (Å²) < 4.78 is 5.14. The van der Waals surface area contributed by atoms with Gasteiger partial charge in [0.15, 0.2) is 0 Å². The molecule has 0 radical (unpaired) electrons. The number of nitrogens with zero attached hydrogens (tertiary/aromatic N) is 1. The van der Waals surface area contributed by atoms with E-state index in [1.807, 2.05) is 13.0 Å². The smallest absolute Gasteiger partial charge is 0.203 e. The van der Waals surface area contributed by atoms with E-state index < -0.39 is 0 Å². The molecule has 1 aromatic heterocycles. The predicted octanol–water partition coefficient (Wildman–Crippen LogP) is 1.26. The number of hydrogen-bond acceptors (Lipinski definition) is 3. The van der Waals surface area contributed by atoms with E-state index in [-0.39, 0.29) is 6.04 Å². The maximum absolute atomic E-state index is 8.48. The highest BCUT2D eigenvalue weighted by Gasteiger charge is 2.01. The van der Waals surface area contributed by atoms with Gasteiger partial charge in [-0.05, 0) is 19.1 Å². The fourth-order valence-corrected chi connectivity index (χ4v) is 0.846. The number of terminal acetylenes is 1. The highest BCUT2D eigenvalue weighted by Crippen LogP contribution is 2.05. The molecule has 0 aliphatic rings. The minimum Gasteiger partial charge on any atom is -0.449 e. The van der Waals surface area contributed by atoms with E-state index in [9.17, 15) is 0 Å². The summed E-state index contributed by atoms with van der Waals surface area (Å²) in [5.74, 6) is 3.58. The van der Waals surface area contributed by atoms with Crippen molar-refractivity contribution in [2.24, 2.45) is 0 Å². The van der Waals surface area contributed by atoms with Crippen LogP contribution in [-0.4, -0.2) is 6.04 Å². The third kappa shape index (κ3) is 2.66. The van der Waals surface area contributed by atoms with Gasteiger partial charge in [-0.25, -0.2) is 0 Å². The van der Waals surface area contributed by atoms with Gasteiger partial charge < -0.3 is 4.42 Å². The van der Waals surface area contributed by atoms with Gasteiger partial charge in [-0.15, -0.1) is 6.42 Å². The first-order valence-electron chi connectivity index (χ1n) is 3.94. The molecule has 0 aromatic carbocycles. The summed E-state index contributed by atoms with van der Waals surface area (Å²) in [7, 11) is 0. The molecule has 1 unspecified atom stereocenters. The molecular formula is C10H10N2O. The van der Waals surface area contributed by atoms with Crippen molar-refractivity contribution in [1.29, 1.82) is 5.26 Å². The topological polar surface area (TPSA) is 49.0 Å². The quantitative estimate of drug-likeness (QED) is 0.702. The van der Waals surface area contributed by atoms with Gasteiger partial charge in [0.2, 0.25) is 5.76 Å².